The van der Waals surface area contributed by atoms with E-state index >= 15 is 0 Å². The minimum Gasteiger partial charge on any atom is -0.463 e. The molecular formula is C10H11NO3. The summed E-state index contributed by atoms with van der Waals surface area (Å²) in [4.78, 5) is 20.6. The molecule has 0 aliphatic heterocycles. The molecule has 74 valence electrons. The van der Waals surface area contributed by atoms with E-state index in [2.05, 4.69) is 10.1 Å². The molecule has 1 amide bonds. The largest absolute Gasteiger partial charge is 0.463 e. The Morgan fingerprint density at radius 3 is 2.57 bits per heavy atom. The standard InChI is InChI=1S/C10H11NO3/c1-8(13)11-10-4-2-9(3-5-10)6-14-7-12/h2-5,7H,6H2,1H3,(H,11,13). The first-order valence-electron chi connectivity index (χ1n) is 4.14. The van der Waals surface area contributed by atoms with E-state index in [1.54, 1.807) is 24.3 Å². The van der Waals surface area contributed by atoms with Gasteiger partial charge in [-0.3, -0.25) is 9.59 Å². The average molecular weight is 193 g/mol. The van der Waals surface area contributed by atoms with Gasteiger partial charge in [-0.2, -0.15) is 0 Å². The summed E-state index contributed by atoms with van der Waals surface area (Å²) in [5, 5.41) is 2.64. The van der Waals surface area contributed by atoms with Crippen molar-refractivity contribution in [2.75, 3.05) is 5.32 Å². The number of benzene rings is 1. The molecule has 1 aromatic carbocycles. The molecule has 4 nitrogen and oxygen atoms in total. The van der Waals surface area contributed by atoms with E-state index in [0.717, 1.165) is 11.3 Å². The summed E-state index contributed by atoms with van der Waals surface area (Å²) in [5.41, 5.74) is 1.61. The smallest absolute Gasteiger partial charge is 0.293 e. The summed E-state index contributed by atoms with van der Waals surface area (Å²) in [7, 11) is 0. The zero-order valence-electron chi connectivity index (χ0n) is 7.82. The van der Waals surface area contributed by atoms with Gasteiger partial charge < -0.3 is 10.1 Å². The maximum absolute atomic E-state index is 10.7. The molecule has 0 spiro atoms. The van der Waals surface area contributed by atoms with Gasteiger partial charge in [-0.15, -0.1) is 0 Å². The highest BCUT2D eigenvalue weighted by molar-refractivity contribution is 5.88. The topological polar surface area (TPSA) is 55.4 Å². The van der Waals surface area contributed by atoms with Gasteiger partial charge in [0, 0.05) is 12.6 Å². The molecule has 0 aromatic heterocycles. The van der Waals surface area contributed by atoms with Gasteiger partial charge in [-0.25, -0.2) is 0 Å². The van der Waals surface area contributed by atoms with E-state index in [1.165, 1.54) is 6.92 Å². The molecule has 0 unspecified atom stereocenters. The van der Waals surface area contributed by atoms with Gasteiger partial charge in [0.05, 0.1) is 0 Å². The van der Waals surface area contributed by atoms with Crippen molar-refractivity contribution in [1.29, 1.82) is 0 Å². The third kappa shape index (κ3) is 3.26. The van der Waals surface area contributed by atoms with Crippen LogP contribution in [-0.2, 0) is 20.9 Å². The third-order valence-corrected chi connectivity index (χ3v) is 1.59. The maximum Gasteiger partial charge on any atom is 0.293 e. The minimum absolute atomic E-state index is 0.109. The van der Waals surface area contributed by atoms with Crippen molar-refractivity contribution in [1.82, 2.24) is 0 Å². The first kappa shape index (κ1) is 10.2. The Labute approximate surface area is 81.9 Å². The molecule has 0 atom stereocenters. The lowest BCUT2D eigenvalue weighted by Crippen LogP contribution is -2.05. The molecule has 1 aromatic rings. The molecule has 14 heavy (non-hydrogen) atoms. The summed E-state index contributed by atoms with van der Waals surface area (Å²) < 4.78 is 4.57. The van der Waals surface area contributed by atoms with Gasteiger partial charge >= 0.3 is 0 Å². The molecule has 0 aliphatic rings. The van der Waals surface area contributed by atoms with Crippen LogP contribution in [0.3, 0.4) is 0 Å². The summed E-state index contributed by atoms with van der Waals surface area (Å²) in [6.45, 7) is 2.11. The zero-order valence-corrected chi connectivity index (χ0v) is 7.82. The van der Waals surface area contributed by atoms with Crippen LogP contribution < -0.4 is 5.32 Å². The lowest BCUT2D eigenvalue weighted by Gasteiger charge is -2.03. The van der Waals surface area contributed by atoms with Crippen molar-refractivity contribution in [3.63, 3.8) is 0 Å². The Bertz CT molecular complexity index is 319. The second-order valence-corrected chi connectivity index (χ2v) is 2.79. The highest BCUT2D eigenvalue weighted by Crippen LogP contribution is 2.09. The van der Waals surface area contributed by atoms with Crippen LogP contribution in [0.2, 0.25) is 0 Å². The Kier molecular flexibility index (Phi) is 3.67. The fraction of sp³-hybridized carbons (Fsp3) is 0.200. The fourth-order valence-corrected chi connectivity index (χ4v) is 1.02. The van der Waals surface area contributed by atoms with Gasteiger partial charge in [0.1, 0.15) is 6.61 Å². The fourth-order valence-electron chi connectivity index (χ4n) is 1.02. The van der Waals surface area contributed by atoms with Crippen molar-refractivity contribution in [2.45, 2.75) is 13.5 Å². The van der Waals surface area contributed by atoms with Gasteiger partial charge in [-0.05, 0) is 17.7 Å². The summed E-state index contributed by atoms with van der Waals surface area (Å²) in [6, 6.07) is 7.08. The molecule has 4 heteroatoms. The molecule has 0 aliphatic carbocycles. The lowest BCUT2D eigenvalue weighted by atomic mass is 10.2. The molecule has 0 saturated heterocycles. The predicted molar refractivity (Wildman–Crippen MR) is 51.6 cm³/mol. The van der Waals surface area contributed by atoms with Gasteiger partial charge in [0.2, 0.25) is 5.91 Å². The monoisotopic (exact) mass is 193 g/mol. The molecule has 0 fully saturated rings. The van der Waals surface area contributed by atoms with Gasteiger partial charge in [0.25, 0.3) is 6.47 Å². The van der Waals surface area contributed by atoms with Crippen LogP contribution in [0.1, 0.15) is 12.5 Å². The molecule has 0 heterocycles. The highest BCUT2D eigenvalue weighted by atomic mass is 16.5. The molecule has 0 radical (unpaired) electrons. The van der Waals surface area contributed by atoms with Crippen LogP contribution in [0.5, 0.6) is 0 Å². The number of hydrogen-bond acceptors (Lipinski definition) is 3. The number of carbonyl (C=O) groups excluding carboxylic acids is 2. The summed E-state index contributed by atoms with van der Waals surface area (Å²) >= 11 is 0. The zero-order chi connectivity index (χ0) is 10.4. The number of ether oxygens (including phenoxy) is 1. The van der Waals surface area contributed by atoms with Crippen LogP contribution in [0, 0.1) is 0 Å². The van der Waals surface area contributed by atoms with E-state index < -0.39 is 0 Å². The Hall–Kier alpha value is -1.84. The number of anilines is 1. The van der Waals surface area contributed by atoms with E-state index in [9.17, 15) is 9.59 Å². The maximum atomic E-state index is 10.7. The summed E-state index contributed by atoms with van der Waals surface area (Å²) in [6.07, 6.45) is 0. The predicted octanol–water partition coefficient (Wildman–Crippen LogP) is 1.32. The van der Waals surface area contributed by atoms with E-state index in [4.69, 9.17) is 0 Å². The molecular weight excluding hydrogens is 182 g/mol. The van der Waals surface area contributed by atoms with Gasteiger partial charge in [-0.1, -0.05) is 12.1 Å². The number of rotatable bonds is 4. The van der Waals surface area contributed by atoms with E-state index in [0.29, 0.717) is 6.47 Å². The second kappa shape index (κ2) is 5.01. The Balaban J connectivity index is 2.58. The van der Waals surface area contributed by atoms with Crippen molar-refractivity contribution in [3.8, 4) is 0 Å². The molecule has 1 rings (SSSR count). The molecule has 0 saturated carbocycles. The first-order valence-corrected chi connectivity index (χ1v) is 4.14. The van der Waals surface area contributed by atoms with Crippen molar-refractivity contribution in [2.24, 2.45) is 0 Å². The average Bonchev–Trinajstić information content (AvgIpc) is 2.16. The third-order valence-electron chi connectivity index (χ3n) is 1.59. The van der Waals surface area contributed by atoms with Crippen molar-refractivity contribution < 1.29 is 14.3 Å². The Morgan fingerprint density at radius 2 is 2.07 bits per heavy atom. The van der Waals surface area contributed by atoms with E-state index in [1.807, 2.05) is 0 Å². The number of carbonyl (C=O) groups is 2. The number of nitrogens with one attached hydrogen (secondary N) is 1. The van der Waals surface area contributed by atoms with Crippen molar-refractivity contribution in [3.05, 3.63) is 29.8 Å². The van der Waals surface area contributed by atoms with Crippen LogP contribution in [0.25, 0.3) is 0 Å². The van der Waals surface area contributed by atoms with Gasteiger partial charge in [0.15, 0.2) is 0 Å². The summed E-state index contributed by atoms with van der Waals surface area (Å²) in [5.74, 6) is -0.109. The Morgan fingerprint density at radius 1 is 1.43 bits per heavy atom. The van der Waals surface area contributed by atoms with E-state index in [-0.39, 0.29) is 12.5 Å². The van der Waals surface area contributed by atoms with Crippen molar-refractivity contribution >= 4 is 18.1 Å². The van der Waals surface area contributed by atoms with Crippen LogP contribution >= 0.6 is 0 Å². The molecule has 1 N–H and O–H groups in total. The SMILES string of the molecule is CC(=O)Nc1ccc(COC=O)cc1. The second-order valence-electron chi connectivity index (χ2n) is 2.79. The molecule has 0 bridgehead atoms. The van der Waals surface area contributed by atoms with Crippen LogP contribution in [0.15, 0.2) is 24.3 Å². The quantitative estimate of drug-likeness (QED) is 0.733. The lowest BCUT2D eigenvalue weighted by molar-refractivity contribution is -0.129. The highest BCUT2D eigenvalue weighted by Gasteiger charge is 1.96. The minimum atomic E-state index is -0.109. The number of hydrogen-bond donors (Lipinski definition) is 1. The normalized spacial score (nSPS) is 9.21. The van der Waals surface area contributed by atoms with Crippen LogP contribution in [-0.4, -0.2) is 12.4 Å². The number of amides is 1. The van der Waals surface area contributed by atoms with Crippen LogP contribution in [0.4, 0.5) is 5.69 Å². The first-order chi connectivity index (χ1) is 6.72.